The molecule has 20 heavy (non-hydrogen) atoms. The zero-order chi connectivity index (χ0) is 15.2. The number of hydrogen-bond donors (Lipinski definition) is 3. The molecule has 0 atom stereocenters. The van der Waals surface area contributed by atoms with Gasteiger partial charge in [0, 0.05) is 12.1 Å². The molecule has 0 aliphatic carbocycles. The van der Waals surface area contributed by atoms with Crippen molar-refractivity contribution in [1.29, 1.82) is 5.41 Å². The van der Waals surface area contributed by atoms with Crippen LogP contribution in [0.5, 0.6) is 0 Å². The molecule has 0 saturated heterocycles. The minimum atomic E-state index is -3.41. The summed E-state index contributed by atoms with van der Waals surface area (Å²) in [6.45, 7) is 3.87. The fourth-order valence-corrected chi connectivity index (χ4v) is 2.45. The van der Waals surface area contributed by atoms with Gasteiger partial charge in [-0.25, -0.2) is 8.42 Å². The quantitative estimate of drug-likeness (QED) is 0.497. The zero-order valence-corrected chi connectivity index (χ0v) is 12.5. The molecule has 0 aromatic heterocycles. The third kappa shape index (κ3) is 6.53. The van der Waals surface area contributed by atoms with E-state index in [0.717, 1.165) is 5.56 Å². The van der Waals surface area contributed by atoms with Gasteiger partial charge in [-0.15, -0.1) is 0 Å². The van der Waals surface area contributed by atoms with Crippen molar-refractivity contribution < 1.29 is 13.2 Å². The van der Waals surface area contributed by atoms with Crippen molar-refractivity contribution in [2.24, 2.45) is 5.73 Å². The maximum absolute atomic E-state index is 11.8. The molecule has 0 bridgehead atoms. The van der Waals surface area contributed by atoms with Gasteiger partial charge in [0.05, 0.1) is 24.3 Å². The van der Waals surface area contributed by atoms with E-state index in [1.807, 2.05) is 13.8 Å². The summed E-state index contributed by atoms with van der Waals surface area (Å²) in [5.74, 6) is -0.00966. The summed E-state index contributed by atoms with van der Waals surface area (Å²) < 4.78 is 31.3. The third-order valence-corrected chi connectivity index (χ3v) is 3.68. The molecule has 1 aromatic carbocycles. The van der Waals surface area contributed by atoms with Gasteiger partial charge in [0.15, 0.2) is 0 Å². The van der Waals surface area contributed by atoms with E-state index in [2.05, 4.69) is 4.72 Å². The summed E-state index contributed by atoms with van der Waals surface area (Å²) in [5.41, 5.74) is 6.65. The number of anilines is 1. The average molecular weight is 299 g/mol. The molecular formula is C13H21N3O3S. The second kappa shape index (κ2) is 7.25. The highest BCUT2D eigenvalue weighted by atomic mass is 32.2. The van der Waals surface area contributed by atoms with E-state index in [0.29, 0.717) is 12.1 Å². The van der Waals surface area contributed by atoms with Gasteiger partial charge in [0.25, 0.3) is 0 Å². The Morgan fingerprint density at radius 3 is 2.45 bits per heavy atom. The molecule has 0 aliphatic heterocycles. The van der Waals surface area contributed by atoms with Crippen molar-refractivity contribution in [2.45, 2.75) is 26.4 Å². The fraction of sp³-hybridized carbons (Fsp3) is 0.462. The van der Waals surface area contributed by atoms with Crippen LogP contribution in [-0.2, 0) is 21.2 Å². The van der Waals surface area contributed by atoms with E-state index in [1.54, 1.807) is 24.3 Å². The predicted octanol–water partition coefficient (Wildman–Crippen LogP) is 1.33. The van der Waals surface area contributed by atoms with Gasteiger partial charge in [-0.2, -0.15) is 0 Å². The van der Waals surface area contributed by atoms with E-state index < -0.39 is 10.0 Å². The first-order chi connectivity index (χ1) is 9.28. The largest absolute Gasteiger partial charge is 0.387 e. The SMILES string of the molecule is CC(C)OCCS(=O)(=O)Nc1ccc(CC(=N)N)cc1. The van der Waals surface area contributed by atoms with Crippen LogP contribution < -0.4 is 10.5 Å². The van der Waals surface area contributed by atoms with E-state index in [-0.39, 0.29) is 24.3 Å². The number of hydrogen-bond acceptors (Lipinski definition) is 4. The molecule has 112 valence electrons. The second-order valence-electron chi connectivity index (χ2n) is 4.74. The summed E-state index contributed by atoms with van der Waals surface area (Å²) in [6.07, 6.45) is 0.367. The van der Waals surface area contributed by atoms with E-state index in [1.165, 1.54) is 0 Å². The molecule has 0 radical (unpaired) electrons. The minimum Gasteiger partial charge on any atom is -0.387 e. The molecule has 0 aliphatic rings. The molecule has 0 spiro atoms. The third-order valence-electron chi connectivity index (χ3n) is 2.43. The first-order valence-corrected chi connectivity index (χ1v) is 7.97. The van der Waals surface area contributed by atoms with Crippen molar-refractivity contribution in [3.05, 3.63) is 29.8 Å². The topological polar surface area (TPSA) is 105 Å². The Kier molecular flexibility index (Phi) is 5.97. The van der Waals surface area contributed by atoms with Crippen LogP contribution in [-0.4, -0.2) is 32.7 Å². The highest BCUT2D eigenvalue weighted by molar-refractivity contribution is 7.92. The van der Waals surface area contributed by atoms with Gasteiger partial charge in [-0.05, 0) is 31.5 Å². The van der Waals surface area contributed by atoms with E-state index >= 15 is 0 Å². The molecule has 6 nitrogen and oxygen atoms in total. The van der Waals surface area contributed by atoms with Gasteiger partial charge in [0.2, 0.25) is 10.0 Å². The van der Waals surface area contributed by atoms with Gasteiger partial charge in [-0.3, -0.25) is 10.1 Å². The van der Waals surface area contributed by atoms with Crippen molar-refractivity contribution in [1.82, 2.24) is 0 Å². The lowest BCUT2D eigenvalue weighted by molar-refractivity contribution is 0.0913. The molecule has 0 unspecified atom stereocenters. The summed E-state index contributed by atoms with van der Waals surface area (Å²) in [6, 6.07) is 6.78. The van der Waals surface area contributed by atoms with Crippen LogP contribution in [0.4, 0.5) is 5.69 Å². The Bertz CT molecular complexity index is 538. The Balaban J connectivity index is 2.56. The van der Waals surface area contributed by atoms with Crippen LogP contribution in [0, 0.1) is 5.41 Å². The van der Waals surface area contributed by atoms with Crippen LogP contribution in [0.3, 0.4) is 0 Å². The minimum absolute atomic E-state index is 0.0102. The van der Waals surface area contributed by atoms with Crippen LogP contribution in [0.25, 0.3) is 0 Å². The summed E-state index contributed by atoms with van der Waals surface area (Å²) in [5, 5.41) is 7.19. The Labute approximate surface area is 119 Å². The lowest BCUT2D eigenvalue weighted by Crippen LogP contribution is -2.21. The smallest absolute Gasteiger partial charge is 0.234 e. The molecule has 1 rings (SSSR count). The standard InChI is InChI=1S/C13H21N3O3S/c1-10(2)19-7-8-20(17,18)16-12-5-3-11(4-6-12)9-13(14)15/h3-6,10,16H,7-9H2,1-2H3,(H3,14,15). The number of rotatable bonds is 8. The first kappa shape index (κ1) is 16.5. The Morgan fingerprint density at radius 2 is 1.95 bits per heavy atom. The molecular weight excluding hydrogens is 278 g/mol. The first-order valence-electron chi connectivity index (χ1n) is 6.32. The van der Waals surface area contributed by atoms with Gasteiger partial charge in [-0.1, -0.05) is 12.1 Å². The maximum atomic E-state index is 11.8. The highest BCUT2D eigenvalue weighted by Gasteiger charge is 2.10. The van der Waals surface area contributed by atoms with Gasteiger partial charge in [0.1, 0.15) is 0 Å². The molecule has 0 fully saturated rings. The van der Waals surface area contributed by atoms with Crippen molar-refractivity contribution in [3.8, 4) is 0 Å². The van der Waals surface area contributed by atoms with Crippen molar-refractivity contribution >= 4 is 21.5 Å². The maximum Gasteiger partial charge on any atom is 0.234 e. The molecule has 0 saturated carbocycles. The lowest BCUT2D eigenvalue weighted by atomic mass is 10.1. The summed E-state index contributed by atoms with van der Waals surface area (Å²) in [4.78, 5) is 0. The second-order valence-corrected chi connectivity index (χ2v) is 6.58. The number of amidine groups is 1. The van der Waals surface area contributed by atoms with Crippen LogP contribution in [0.1, 0.15) is 19.4 Å². The van der Waals surface area contributed by atoms with Crippen LogP contribution in [0.15, 0.2) is 24.3 Å². The highest BCUT2D eigenvalue weighted by Crippen LogP contribution is 2.12. The number of benzene rings is 1. The molecule has 4 N–H and O–H groups in total. The fourth-order valence-electron chi connectivity index (χ4n) is 1.53. The van der Waals surface area contributed by atoms with Crippen LogP contribution in [0.2, 0.25) is 0 Å². The number of nitrogens with two attached hydrogens (primary N) is 1. The Morgan fingerprint density at radius 1 is 1.35 bits per heavy atom. The van der Waals surface area contributed by atoms with Crippen LogP contribution >= 0.6 is 0 Å². The lowest BCUT2D eigenvalue weighted by Gasteiger charge is -2.10. The van der Waals surface area contributed by atoms with E-state index in [4.69, 9.17) is 15.9 Å². The molecule has 1 aromatic rings. The number of nitrogens with one attached hydrogen (secondary N) is 2. The van der Waals surface area contributed by atoms with Crippen molar-refractivity contribution in [3.63, 3.8) is 0 Å². The van der Waals surface area contributed by atoms with E-state index in [9.17, 15) is 8.42 Å². The predicted molar refractivity (Wildman–Crippen MR) is 80.6 cm³/mol. The van der Waals surface area contributed by atoms with Gasteiger partial charge < -0.3 is 10.5 Å². The monoisotopic (exact) mass is 299 g/mol. The summed E-state index contributed by atoms with van der Waals surface area (Å²) >= 11 is 0. The zero-order valence-electron chi connectivity index (χ0n) is 11.7. The Hall–Kier alpha value is -1.60. The van der Waals surface area contributed by atoms with Crippen molar-refractivity contribution in [2.75, 3.05) is 17.1 Å². The normalized spacial score (nSPS) is 11.6. The summed E-state index contributed by atoms with van der Waals surface area (Å²) in [7, 11) is -3.41. The molecule has 0 heterocycles. The van der Waals surface area contributed by atoms with Gasteiger partial charge >= 0.3 is 0 Å². The molecule has 7 heteroatoms. The number of ether oxygens (including phenoxy) is 1. The average Bonchev–Trinajstić information content (AvgIpc) is 2.29. The molecule has 0 amide bonds. The number of sulfonamides is 1.